The van der Waals surface area contributed by atoms with Gasteiger partial charge in [0.05, 0.1) is 24.5 Å². The molecule has 1 atom stereocenters. The molecule has 2 aliphatic heterocycles. The molecule has 22 heavy (non-hydrogen) atoms. The minimum absolute atomic E-state index is 0.185. The lowest BCUT2D eigenvalue weighted by atomic mass is 10.2. The summed E-state index contributed by atoms with van der Waals surface area (Å²) in [5.41, 5.74) is 1.02. The van der Waals surface area contributed by atoms with Gasteiger partial charge in [0, 0.05) is 24.6 Å². The third-order valence-corrected chi connectivity index (χ3v) is 5.48. The van der Waals surface area contributed by atoms with E-state index in [-0.39, 0.29) is 29.5 Å². The lowest BCUT2D eigenvalue weighted by Crippen LogP contribution is -2.34. The van der Waals surface area contributed by atoms with E-state index in [2.05, 4.69) is 5.87 Å². The number of aliphatic hydroxyl groups is 1. The number of anilines is 2. The SMILES string of the molecule is C=S1CCN(c2ccc(N3C[C@H](CO)OC3=O)cc2F)CC1. The molecule has 1 N–H and O–H groups in total. The topological polar surface area (TPSA) is 53.0 Å². The molecule has 1 aromatic carbocycles. The molecular formula is C15H19FN2O3S. The van der Waals surface area contributed by atoms with Crippen molar-refractivity contribution in [3.05, 3.63) is 24.0 Å². The molecule has 0 aliphatic carbocycles. The number of hydrogen-bond acceptors (Lipinski definition) is 4. The highest BCUT2D eigenvalue weighted by molar-refractivity contribution is 8.14. The molecule has 0 bridgehead atoms. The third-order valence-electron chi connectivity index (χ3n) is 3.96. The number of carbonyl (C=O) groups is 1. The number of carbonyl (C=O) groups excluding carboxylic acids is 1. The smallest absolute Gasteiger partial charge is 0.414 e. The van der Waals surface area contributed by atoms with Gasteiger partial charge in [0.15, 0.2) is 0 Å². The molecule has 0 saturated carbocycles. The molecule has 2 fully saturated rings. The monoisotopic (exact) mass is 326 g/mol. The fourth-order valence-electron chi connectivity index (χ4n) is 2.68. The molecule has 2 saturated heterocycles. The van der Waals surface area contributed by atoms with Gasteiger partial charge < -0.3 is 14.7 Å². The van der Waals surface area contributed by atoms with Crippen molar-refractivity contribution < 1.29 is 19.0 Å². The Balaban J connectivity index is 1.78. The quantitative estimate of drug-likeness (QED) is 0.859. The van der Waals surface area contributed by atoms with E-state index < -0.39 is 12.2 Å². The maximum atomic E-state index is 14.4. The summed E-state index contributed by atoms with van der Waals surface area (Å²) in [4.78, 5) is 15.1. The maximum Gasteiger partial charge on any atom is 0.414 e. The minimum atomic E-state index is -0.551. The van der Waals surface area contributed by atoms with Crippen molar-refractivity contribution in [1.29, 1.82) is 0 Å². The van der Waals surface area contributed by atoms with Crippen molar-refractivity contribution in [3.8, 4) is 0 Å². The molecule has 0 radical (unpaired) electrons. The lowest BCUT2D eigenvalue weighted by Gasteiger charge is -2.31. The number of hydrogen-bond donors (Lipinski definition) is 1. The van der Waals surface area contributed by atoms with Gasteiger partial charge in [-0.1, -0.05) is 5.87 Å². The second-order valence-corrected chi connectivity index (χ2v) is 7.48. The van der Waals surface area contributed by atoms with Gasteiger partial charge in [-0.3, -0.25) is 4.90 Å². The van der Waals surface area contributed by atoms with Crippen LogP contribution in [0, 0.1) is 5.82 Å². The largest absolute Gasteiger partial charge is 0.441 e. The van der Waals surface area contributed by atoms with Crippen LogP contribution in [0.4, 0.5) is 20.6 Å². The Labute approximate surface area is 131 Å². The Bertz CT molecular complexity index is 600. The zero-order chi connectivity index (χ0) is 15.7. The molecule has 0 unspecified atom stereocenters. The van der Waals surface area contributed by atoms with Gasteiger partial charge in [-0.2, -0.15) is 10.5 Å². The van der Waals surface area contributed by atoms with E-state index >= 15 is 0 Å². The summed E-state index contributed by atoms with van der Waals surface area (Å²) < 4.78 is 19.4. The van der Waals surface area contributed by atoms with Crippen LogP contribution in [-0.2, 0) is 4.74 Å². The van der Waals surface area contributed by atoms with Crippen molar-refractivity contribution in [2.24, 2.45) is 0 Å². The van der Waals surface area contributed by atoms with Gasteiger partial charge in [0.25, 0.3) is 0 Å². The fourth-order valence-corrected chi connectivity index (χ4v) is 3.84. The van der Waals surface area contributed by atoms with E-state index in [1.165, 1.54) is 11.0 Å². The first-order valence-corrected chi connectivity index (χ1v) is 8.92. The summed E-state index contributed by atoms with van der Waals surface area (Å²) in [5, 5.41) is 9.05. The van der Waals surface area contributed by atoms with E-state index in [0.717, 1.165) is 24.6 Å². The average molecular weight is 326 g/mol. The second-order valence-electron chi connectivity index (χ2n) is 5.44. The van der Waals surface area contributed by atoms with Crippen LogP contribution in [0.5, 0.6) is 0 Å². The number of nitrogens with zero attached hydrogens (tertiary/aromatic N) is 2. The summed E-state index contributed by atoms with van der Waals surface area (Å²) in [5.74, 6) is 5.69. The van der Waals surface area contributed by atoms with Gasteiger partial charge in [0.2, 0.25) is 0 Å². The Morgan fingerprint density at radius 1 is 1.41 bits per heavy atom. The predicted octanol–water partition coefficient (Wildman–Crippen LogP) is 1.66. The Hall–Kier alpha value is -1.60. The molecule has 2 heterocycles. The molecule has 2 aliphatic rings. The highest BCUT2D eigenvalue weighted by Crippen LogP contribution is 2.29. The van der Waals surface area contributed by atoms with Crippen LogP contribution in [0.3, 0.4) is 0 Å². The van der Waals surface area contributed by atoms with Gasteiger partial charge >= 0.3 is 6.09 Å². The second kappa shape index (κ2) is 6.26. The molecule has 0 spiro atoms. The number of benzene rings is 1. The predicted molar refractivity (Wildman–Crippen MR) is 87.8 cm³/mol. The van der Waals surface area contributed by atoms with E-state index in [1.807, 2.05) is 4.90 Å². The molecule has 0 aromatic heterocycles. The van der Waals surface area contributed by atoms with E-state index in [4.69, 9.17) is 9.84 Å². The van der Waals surface area contributed by atoms with E-state index in [0.29, 0.717) is 11.4 Å². The van der Waals surface area contributed by atoms with Crippen molar-refractivity contribution >= 4 is 33.8 Å². The van der Waals surface area contributed by atoms with Crippen molar-refractivity contribution in [3.63, 3.8) is 0 Å². The summed E-state index contributed by atoms with van der Waals surface area (Å²) in [7, 11) is 0.185. The van der Waals surface area contributed by atoms with Gasteiger partial charge in [-0.25, -0.2) is 9.18 Å². The Morgan fingerprint density at radius 2 is 2.14 bits per heavy atom. The first kappa shape index (κ1) is 15.3. The standard InChI is InChI=1S/C15H19FN2O3S/c1-22-6-4-17(5-7-22)14-3-2-11(8-13(14)16)18-9-12(10-19)21-15(18)20/h2-3,8,12,19H,1,4-7,9-10H2/t12-/m1/s1. The third kappa shape index (κ3) is 2.96. The highest BCUT2D eigenvalue weighted by Gasteiger charge is 2.32. The van der Waals surface area contributed by atoms with Gasteiger partial charge in [-0.05, 0) is 18.2 Å². The minimum Gasteiger partial charge on any atom is -0.441 e. The number of aliphatic hydroxyl groups excluding tert-OH is 1. The van der Waals surface area contributed by atoms with Crippen LogP contribution in [0.25, 0.3) is 0 Å². The summed E-state index contributed by atoms with van der Waals surface area (Å²) in [6.07, 6.45) is -1.10. The Kier molecular flexibility index (Phi) is 4.35. The number of cyclic esters (lactones) is 1. The van der Waals surface area contributed by atoms with Crippen LogP contribution in [0.2, 0.25) is 0 Å². The molecule has 7 heteroatoms. The van der Waals surface area contributed by atoms with Crippen LogP contribution in [0.1, 0.15) is 0 Å². The first-order chi connectivity index (χ1) is 10.6. The average Bonchev–Trinajstić information content (AvgIpc) is 2.89. The Morgan fingerprint density at radius 3 is 2.73 bits per heavy atom. The maximum absolute atomic E-state index is 14.4. The zero-order valence-corrected chi connectivity index (χ0v) is 13.0. The molecular weight excluding hydrogens is 307 g/mol. The molecule has 3 rings (SSSR count). The molecule has 5 nitrogen and oxygen atoms in total. The summed E-state index contributed by atoms with van der Waals surface area (Å²) >= 11 is 0. The highest BCUT2D eigenvalue weighted by atomic mass is 32.2. The summed E-state index contributed by atoms with van der Waals surface area (Å²) in [6, 6.07) is 4.78. The normalized spacial score (nSPS) is 23.0. The van der Waals surface area contributed by atoms with Crippen molar-refractivity contribution in [1.82, 2.24) is 0 Å². The van der Waals surface area contributed by atoms with Crippen LogP contribution < -0.4 is 9.80 Å². The van der Waals surface area contributed by atoms with Crippen LogP contribution in [0.15, 0.2) is 18.2 Å². The summed E-state index contributed by atoms with van der Waals surface area (Å²) in [6.45, 7) is 1.62. The van der Waals surface area contributed by atoms with Gasteiger partial charge in [-0.15, -0.1) is 0 Å². The van der Waals surface area contributed by atoms with Crippen LogP contribution >= 0.6 is 10.5 Å². The first-order valence-electron chi connectivity index (χ1n) is 7.19. The number of ether oxygens (including phenoxy) is 1. The number of amides is 1. The number of rotatable bonds is 3. The fraction of sp³-hybridized carbons (Fsp3) is 0.467. The molecule has 1 aromatic rings. The molecule has 1 amide bonds. The number of halogens is 1. The van der Waals surface area contributed by atoms with Crippen molar-refractivity contribution in [2.45, 2.75) is 6.10 Å². The van der Waals surface area contributed by atoms with E-state index in [9.17, 15) is 9.18 Å². The zero-order valence-electron chi connectivity index (χ0n) is 12.2. The molecule has 120 valence electrons. The van der Waals surface area contributed by atoms with E-state index in [1.54, 1.807) is 12.1 Å². The van der Waals surface area contributed by atoms with Gasteiger partial charge in [0.1, 0.15) is 11.9 Å². The van der Waals surface area contributed by atoms with Crippen molar-refractivity contribution in [2.75, 3.05) is 47.5 Å². The van der Waals surface area contributed by atoms with Crippen LogP contribution in [-0.4, -0.2) is 60.9 Å². The lowest BCUT2D eigenvalue weighted by molar-refractivity contribution is 0.0963.